The Kier molecular flexibility index (Phi) is 12.9. The summed E-state index contributed by atoms with van der Waals surface area (Å²) < 4.78 is 12.5. The van der Waals surface area contributed by atoms with Crippen molar-refractivity contribution in [1.82, 2.24) is 20.2 Å². The maximum Gasteiger partial charge on any atom is 0.245 e. The number of amides is 1. The third-order valence-corrected chi connectivity index (χ3v) is 10.9. The van der Waals surface area contributed by atoms with Gasteiger partial charge in [0.1, 0.15) is 23.0 Å². The van der Waals surface area contributed by atoms with E-state index in [9.17, 15) is 19.8 Å². The lowest BCUT2D eigenvalue weighted by molar-refractivity contribution is -0.140. The van der Waals surface area contributed by atoms with E-state index in [1.807, 2.05) is 48.8 Å². The lowest BCUT2D eigenvalue weighted by Gasteiger charge is -2.49. The molecule has 296 valence electrons. The van der Waals surface area contributed by atoms with Crippen LogP contribution in [0.25, 0.3) is 22.5 Å². The average Bonchev–Trinajstić information content (AvgIpc) is 3.88. The van der Waals surface area contributed by atoms with Gasteiger partial charge in [-0.2, -0.15) is 0 Å². The molecule has 2 aromatic heterocycles. The second-order valence-corrected chi connectivity index (χ2v) is 14.9. The predicted molar refractivity (Wildman–Crippen MR) is 222 cm³/mol. The molecular formula is C44H47ClN6O6. The second kappa shape index (κ2) is 18.0. The Morgan fingerprint density at radius 1 is 0.772 bits per heavy atom. The van der Waals surface area contributed by atoms with E-state index in [2.05, 4.69) is 42.3 Å². The van der Waals surface area contributed by atoms with Crippen LogP contribution >= 0.6 is 11.6 Å². The molecule has 8 rings (SSSR count). The number of rotatable bonds is 12. The van der Waals surface area contributed by atoms with Gasteiger partial charge in [0.15, 0.2) is 0 Å². The van der Waals surface area contributed by atoms with Crippen molar-refractivity contribution in [3.05, 3.63) is 108 Å². The first-order chi connectivity index (χ1) is 27.5. The molecule has 0 spiro atoms. The number of hydrogen-bond acceptors (Lipinski definition) is 11. The number of aromatic hydroxyl groups is 2. The zero-order valence-electron chi connectivity index (χ0n) is 32.2. The first kappa shape index (κ1) is 40.8. The maximum atomic E-state index is 11.8. The summed E-state index contributed by atoms with van der Waals surface area (Å²) in [7, 11) is 0. The van der Waals surface area contributed by atoms with Crippen LogP contribution in [0.15, 0.2) is 96.0 Å². The Balaban J connectivity index is 0.000000174. The van der Waals surface area contributed by atoms with E-state index in [1.165, 1.54) is 6.08 Å². The van der Waals surface area contributed by atoms with Gasteiger partial charge in [-0.05, 0) is 85.1 Å². The van der Waals surface area contributed by atoms with Gasteiger partial charge in [0.05, 0.1) is 60.2 Å². The second-order valence-electron chi connectivity index (χ2n) is 14.6. The van der Waals surface area contributed by atoms with Crippen molar-refractivity contribution in [2.75, 3.05) is 39.4 Å². The van der Waals surface area contributed by atoms with Crippen LogP contribution in [0.4, 0.5) is 0 Å². The van der Waals surface area contributed by atoms with Crippen LogP contribution in [0.2, 0.25) is 0 Å². The fourth-order valence-electron chi connectivity index (χ4n) is 6.79. The number of hydrogen-bond donors (Lipinski definition) is 3. The van der Waals surface area contributed by atoms with Crippen LogP contribution in [-0.4, -0.2) is 88.1 Å². The number of pyridine rings is 2. The first-order valence-corrected chi connectivity index (χ1v) is 19.2. The van der Waals surface area contributed by atoms with Crippen molar-refractivity contribution in [2.45, 2.75) is 39.8 Å². The minimum Gasteiger partial charge on any atom is -0.508 e. The summed E-state index contributed by atoms with van der Waals surface area (Å²) in [6.45, 7) is 16.7. The summed E-state index contributed by atoms with van der Waals surface area (Å²) in [6.07, 6.45) is 8.10. The number of halogens is 1. The molecular weight excluding hydrogens is 744 g/mol. The monoisotopic (exact) mass is 790 g/mol. The molecule has 0 atom stereocenters. The lowest BCUT2D eigenvalue weighted by Crippen LogP contribution is -2.60. The van der Waals surface area contributed by atoms with E-state index in [1.54, 1.807) is 29.2 Å². The molecule has 0 aliphatic carbocycles. The molecule has 0 unspecified atom stereocenters. The molecule has 6 heterocycles. The highest BCUT2D eigenvalue weighted by Gasteiger charge is 2.44. The molecule has 0 saturated carbocycles. The molecule has 13 heteroatoms. The van der Waals surface area contributed by atoms with Gasteiger partial charge in [-0.15, -0.1) is 0 Å². The molecule has 4 aliphatic rings. The van der Waals surface area contributed by atoms with E-state index in [0.717, 1.165) is 88.5 Å². The zero-order valence-corrected chi connectivity index (χ0v) is 33.0. The number of carbonyl (C=O) groups excluding carboxylic acids is 2. The number of allylic oxidation sites excluding steroid dienone is 1. The van der Waals surface area contributed by atoms with Crippen molar-refractivity contribution in [1.29, 1.82) is 0 Å². The summed E-state index contributed by atoms with van der Waals surface area (Å²) >= 11 is 4.71. The van der Waals surface area contributed by atoms with Gasteiger partial charge in [-0.3, -0.25) is 19.6 Å². The number of aromatic nitrogens is 2. The van der Waals surface area contributed by atoms with E-state index in [4.69, 9.17) is 31.0 Å². The quantitative estimate of drug-likeness (QED) is 0.103. The molecule has 57 heavy (non-hydrogen) atoms. The Labute approximate surface area is 337 Å². The Morgan fingerprint density at radius 3 is 1.58 bits per heavy atom. The third kappa shape index (κ3) is 9.58. The Morgan fingerprint density at radius 2 is 1.21 bits per heavy atom. The molecule has 0 bridgehead atoms. The standard InChI is InChI=1S/C22H23N3O3.C19H21N3O2.C3H3ClO/c1-3-21(27)25-12-22(4-2,13-25)14-28-20-9-18(15-5-7-16(26)8-6-15)24-19-11-23-10-17(19)20;1-2-19(10-21-11-19)12-24-18-7-16(13-3-5-14(23)6-4-13)22-17-9-20-8-15(17)18;1-2-3(4)5/h3,5-10,26H,1,4,11-14H2,2H3;3-8,21,23H,2,9-12H2,1H3;2H,1H2. The number of phenols is 2. The Bertz CT molecular complexity index is 2170. The summed E-state index contributed by atoms with van der Waals surface area (Å²) in [5.74, 6) is 2.05. The molecule has 0 radical (unpaired) electrons. The van der Waals surface area contributed by atoms with E-state index >= 15 is 0 Å². The number of nitrogens with zero attached hydrogens (tertiary/aromatic N) is 5. The fourth-order valence-corrected chi connectivity index (χ4v) is 6.79. The molecule has 3 N–H and O–H groups in total. The predicted octanol–water partition coefficient (Wildman–Crippen LogP) is 6.89. The van der Waals surface area contributed by atoms with Crippen molar-refractivity contribution in [3.8, 4) is 45.5 Å². The summed E-state index contributed by atoms with van der Waals surface area (Å²) in [5.41, 5.74) is 7.48. The number of fused-ring (bicyclic) bond motifs is 2. The van der Waals surface area contributed by atoms with Gasteiger partial charge >= 0.3 is 0 Å². The van der Waals surface area contributed by atoms with E-state index < -0.39 is 5.24 Å². The summed E-state index contributed by atoms with van der Waals surface area (Å²) in [6, 6.07) is 18.0. The summed E-state index contributed by atoms with van der Waals surface area (Å²) in [4.78, 5) is 41.1. The number of phenolic OH excluding ortho intramolecular Hbond substituents is 2. The van der Waals surface area contributed by atoms with E-state index in [-0.39, 0.29) is 28.2 Å². The van der Waals surface area contributed by atoms with Crippen LogP contribution < -0.4 is 14.8 Å². The number of aliphatic imine (C=N–C) groups is 2. The van der Waals surface area contributed by atoms with Crippen molar-refractivity contribution in [2.24, 2.45) is 20.8 Å². The molecule has 2 saturated heterocycles. The SMILES string of the molecule is C=CC(=O)Cl.C=CC(=O)N1CC(CC)(COc2cc(-c3ccc(O)cc3)nc3c2C=NC3)C1.CCC1(COc2cc(-c3ccc(O)cc3)nc3c2C=NC3)CNC1. The number of carbonyl (C=O) groups is 2. The van der Waals surface area contributed by atoms with Crippen molar-refractivity contribution in [3.63, 3.8) is 0 Å². The van der Waals surface area contributed by atoms with E-state index in [0.29, 0.717) is 39.4 Å². The van der Waals surface area contributed by atoms with Crippen LogP contribution in [0.3, 0.4) is 0 Å². The van der Waals surface area contributed by atoms with Crippen molar-refractivity contribution >= 4 is 35.2 Å². The lowest BCUT2D eigenvalue weighted by atomic mass is 9.78. The molecule has 4 aliphatic heterocycles. The molecule has 1 amide bonds. The number of ether oxygens (including phenoxy) is 2. The van der Waals surface area contributed by atoms with Gasteiger partial charge in [0.2, 0.25) is 11.1 Å². The van der Waals surface area contributed by atoms with Crippen LogP contribution in [0.5, 0.6) is 23.0 Å². The largest absolute Gasteiger partial charge is 0.508 e. The normalized spacial score (nSPS) is 15.9. The fraction of sp³-hybridized carbons (Fsp3) is 0.318. The maximum absolute atomic E-state index is 11.8. The average molecular weight is 791 g/mol. The number of likely N-dealkylation sites (tertiary alicyclic amines) is 1. The number of benzene rings is 2. The number of nitrogens with one attached hydrogen (secondary N) is 1. The smallest absolute Gasteiger partial charge is 0.245 e. The molecule has 2 aromatic carbocycles. The molecule has 4 aromatic rings. The van der Waals surface area contributed by atoms with Crippen molar-refractivity contribution < 1.29 is 29.3 Å². The molecule has 2 fully saturated rings. The highest BCUT2D eigenvalue weighted by Crippen LogP contribution is 2.37. The topological polar surface area (TPSA) is 159 Å². The first-order valence-electron chi connectivity index (χ1n) is 18.9. The van der Waals surface area contributed by atoms with Crippen LogP contribution in [0, 0.1) is 10.8 Å². The third-order valence-electron chi connectivity index (χ3n) is 10.7. The van der Waals surface area contributed by atoms with Gasteiger partial charge in [-0.25, -0.2) is 9.97 Å². The molecule has 12 nitrogen and oxygen atoms in total. The zero-order chi connectivity index (χ0) is 40.6. The minimum absolute atomic E-state index is 0.0318. The Hall–Kier alpha value is -5.85. The summed E-state index contributed by atoms with van der Waals surface area (Å²) in [5, 5.41) is 21.8. The van der Waals surface area contributed by atoms with Gasteiger partial charge < -0.3 is 29.9 Å². The van der Waals surface area contributed by atoms with Gasteiger partial charge in [0, 0.05) is 72.7 Å². The van der Waals surface area contributed by atoms with Crippen LogP contribution in [0.1, 0.15) is 49.2 Å². The van der Waals surface area contributed by atoms with Gasteiger partial charge in [0.25, 0.3) is 0 Å². The highest BCUT2D eigenvalue weighted by molar-refractivity contribution is 6.66. The highest BCUT2D eigenvalue weighted by atomic mass is 35.5. The van der Waals surface area contributed by atoms with Gasteiger partial charge in [-0.1, -0.05) is 27.0 Å². The van der Waals surface area contributed by atoms with Crippen LogP contribution in [-0.2, 0) is 22.7 Å². The minimum atomic E-state index is -0.509.